The molecule has 4 rings (SSSR count). The van der Waals surface area contributed by atoms with Crippen molar-refractivity contribution in [2.75, 3.05) is 11.1 Å². The van der Waals surface area contributed by atoms with Gasteiger partial charge >= 0.3 is 0 Å². The van der Waals surface area contributed by atoms with Gasteiger partial charge in [0.1, 0.15) is 6.07 Å². The molecule has 0 bridgehead atoms. The van der Waals surface area contributed by atoms with Crippen LogP contribution in [-0.4, -0.2) is 21.2 Å². The van der Waals surface area contributed by atoms with Gasteiger partial charge in [-0.25, -0.2) is 4.98 Å². The highest BCUT2D eigenvalue weighted by molar-refractivity contribution is 7.99. The Hall–Kier alpha value is -3.31. The van der Waals surface area contributed by atoms with Crippen molar-refractivity contribution in [3.8, 4) is 11.8 Å². The van der Waals surface area contributed by atoms with Crippen molar-refractivity contribution in [3.05, 3.63) is 92.2 Å². The SMILES string of the molecule is Cc1c(Cl)cccc1-n1c(SCC(=O)Nc2ccc(C#N)c(Cl)c2)nc2ccccc2c1=O. The molecule has 0 saturated heterocycles. The lowest BCUT2D eigenvalue weighted by Crippen LogP contribution is -2.23. The van der Waals surface area contributed by atoms with Crippen LogP contribution in [0.3, 0.4) is 0 Å². The molecule has 0 aliphatic heterocycles. The third kappa shape index (κ3) is 4.74. The summed E-state index contributed by atoms with van der Waals surface area (Å²) in [6.45, 7) is 1.83. The first-order chi connectivity index (χ1) is 15.9. The minimum atomic E-state index is -0.308. The predicted octanol–water partition coefficient (Wildman–Crippen LogP) is 5.60. The van der Waals surface area contributed by atoms with E-state index in [2.05, 4.69) is 10.3 Å². The first kappa shape index (κ1) is 22.9. The number of halogens is 2. The van der Waals surface area contributed by atoms with Crippen molar-refractivity contribution in [3.63, 3.8) is 0 Å². The highest BCUT2D eigenvalue weighted by Gasteiger charge is 2.17. The van der Waals surface area contributed by atoms with E-state index in [9.17, 15) is 9.59 Å². The fourth-order valence-electron chi connectivity index (χ4n) is 3.27. The van der Waals surface area contributed by atoms with E-state index in [1.165, 1.54) is 16.7 Å². The lowest BCUT2D eigenvalue weighted by atomic mass is 10.2. The number of para-hydroxylation sites is 1. The van der Waals surface area contributed by atoms with Gasteiger partial charge in [-0.1, -0.05) is 53.2 Å². The van der Waals surface area contributed by atoms with Crippen molar-refractivity contribution < 1.29 is 4.79 Å². The zero-order valence-electron chi connectivity index (χ0n) is 17.3. The number of aromatic nitrogens is 2. The quantitative estimate of drug-likeness (QED) is 0.288. The van der Waals surface area contributed by atoms with Gasteiger partial charge in [-0.2, -0.15) is 5.26 Å². The second-order valence-corrected chi connectivity index (χ2v) is 8.84. The maximum atomic E-state index is 13.4. The molecule has 3 aromatic carbocycles. The van der Waals surface area contributed by atoms with Crippen LogP contribution < -0.4 is 10.9 Å². The lowest BCUT2D eigenvalue weighted by molar-refractivity contribution is -0.113. The van der Waals surface area contributed by atoms with Crippen LogP contribution in [-0.2, 0) is 4.79 Å². The molecule has 0 aliphatic carbocycles. The molecule has 0 spiro atoms. The van der Waals surface area contributed by atoms with Gasteiger partial charge in [0.25, 0.3) is 5.56 Å². The monoisotopic (exact) mass is 494 g/mol. The van der Waals surface area contributed by atoms with E-state index in [4.69, 9.17) is 28.5 Å². The summed E-state index contributed by atoms with van der Waals surface area (Å²) in [5.41, 5.74) is 2.43. The summed E-state index contributed by atoms with van der Waals surface area (Å²) >= 11 is 13.5. The highest BCUT2D eigenvalue weighted by Crippen LogP contribution is 2.27. The Morgan fingerprint density at radius 3 is 2.67 bits per heavy atom. The molecular weight excluding hydrogens is 479 g/mol. The first-order valence-corrected chi connectivity index (χ1v) is 11.5. The second kappa shape index (κ2) is 9.67. The number of nitriles is 1. The molecule has 0 unspecified atom stereocenters. The molecule has 9 heteroatoms. The molecule has 1 heterocycles. The molecular formula is C24H16Cl2N4O2S. The zero-order valence-corrected chi connectivity index (χ0v) is 19.6. The molecule has 0 aliphatic rings. The molecule has 1 N–H and O–H groups in total. The maximum Gasteiger partial charge on any atom is 0.266 e. The Bertz CT molecular complexity index is 1490. The number of benzene rings is 3. The van der Waals surface area contributed by atoms with E-state index in [1.807, 2.05) is 13.0 Å². The topological polar surface area (TPSA) is 87.8 Å². The van der Waals surface area contributed by atoms with Crippen LogP contribution in [0.15, 0.2) is 70.6 Å². The summed E-state index contributed by atoms with van der Waals surface area (Å²) in [4.78, 5) is 30.6. The van der Waals surface area contributed by atoms with E-state index in [0.717, 1.165) is 17.3 Å². The molecule has 0 radical (unpaired) electrons. The third-order valence-corrected chi connectivity index (χ3v) is 6.59. The summed E-state index contributed by atoms with van der Waals surface area (Å²) in [5.74, 6) is -0.306. The van der Waals surface area contributed by atoms with Crippen LogP contribution in [0, 0.1) is 18.3 Å². The maximum absolute atomic E-state index is 13.4. The predicted molar refractivity (Wildman–Crippen MR) is 133 cm³/mol. The molecule has 1 aromatic heterocycles. The molecule has 0 saturated carbocycles. The van der Waals surface area contributed by atoms with Crippen LogP contribution in [0.5, 0.6) is 0 Å². The van der Waals surface area contributed by atoms with Gasteiger partial charge in [0.2, 0.25) is 5.91 Å². The van der Waals surface area contributed by atoms with Crippen LogP contribution in [0.25, 0.3) is 16.6 Å². The average Bonchev–Trinajstić information content (AvgIpc) is 2.80. The average molecular weight is 495 g/mol. The number of amides is 1. The molecule has 6 nitrogen and oxygen atoms in total. The summed E-state index contributed by atoms with van der Waals surface area (Å²) in [6.07, 6.45) is 0. The summed E-state index contributed by atoms with van der Waals surface area (Å²) in [6, 6.07) is 19.0. The number of hydrogen-bond donors (Lipinski definition) is 1. The highest BCUT2D eigenvalue weighted by atomic mass is 35.5. The third-order valence-electron chi connectivity index (χ3n) is 4.93. The van der Waals surface area contributed by atoms with E-state index in [-0.39, 0.29) is 22.2 Å². The lowest BCUT2D eigenvalue weighted by Gasteiger charge is -2.15. The van der Waals surface area contributed by atoms with Gasteiger partial charge in [0, 0.05) is 10.7 Å². The number of thioether (sulfide) groups is 1. The van der Waals surface area contributed by atoms with Crippen molar-refractivity contribution in [1.82, 2.24) is 9.55 Å². The van der Waals surface area contributed by atoms with Crippen LogP contribution >= 0.6 is 35.0 Å². The van der Waals surface area contributed by atoms with Crippen LogP contribution in [0.4, 0.5) is 5.69 Å². The number of nitrogens with zero attached hydrogens (tertiary/aromatic N) is 3. The first-order valence-electron chi connectivity index (χ1n) is 9.78. The Morgan fingerprint density at radius 2 is 1.91 bits per heavy atom. The number of carbonyl (C=O) groups is 1. The van der Waals surface area contributed by atoms with Crippen molar-refractivity contribution >= 4 is 57.5 Å². The number of nitrogens with one attached hydrogen (secondary N) is 1. The molecule has 33 heavy (non-hydrogen) atoms. The largest absolute Gasteiger partial charge is 0.325 e. The second-order valence-electron chi connectivity index (χ2n) is 7.08. The number of rotatable bonds is 5. The fourth-order valence-corrected chi connectivity index (χ4v) is 4.47. The van der Waals surface area contributed by atoms with Gasteiger partial charge in [-0.3, -0.25) is 14.2 Å². The van der Waals surface area contributed by atoms with E-state index < -0.39 is 0 Å². The van der Waals surface area contributed by atoms with Gasteiger partial charge in [0.05, 0.1) is 32.9 Å². The standard InChI is InChI=1S/C24H16Cl2N4O2S/c1-14-18(25)6-4-8-21(14)30-23(32)17-5-2-3-7-20(17)29-24(30)33-13-22(31)28-16-10-9-15(12-27)19(26)11-16/h2-11H,13H2,1H3,(H,28,31). The zero-order chi connectivity index (χ0) is 23.5. The summed E-state index contributed by atoms with van der Waals surface area (Å²) in [5, 5.41) is 13.4. The normalized spacial score (nSPS) is 10.7. The van der Waals surface area contributed by atoms with E-state index in [0.29, 0.717) is 38.0 Å². The minimum absolute atomic E-state index is 0.00200. The Balaban J connectivity index is 1.68. The molecule has 0 atom stereocenters. The fraction of sp³-hybridized carbons (Fsp3) is 0.0833. The number of anilines is 1. The van der Waals surface area contributed by atoms with Crippen molar-refractivity contribution in [2.45, 2.75) is 12.1 Å². The van der Waals surface area contributed by atoms with Gasteiger partial charge < -0.3 is 5.32 Å². The van der Waals surface area contributed by atoms with E-state index in [1.54, 1.807) is 48.5 Å². The van der Waals surface area contributed by atoms with Crippen LogP contribution in [0.2, 0.25) is 10.0 Å². The summed E-state index contributed by atoms with van der Waals surface area (Å²) < 4.78 is 1.49. The Labute approximate surface area is 203 Å². The van der Waals surface area contributed by atoms with E-state index >= 15 is 0 Å². The van der Waals surface area contributed by atoms with Gasteiger partial charge in [-0.05, 0) is 55.0 Å². The number of carbonyl (C=O) groups excluding carboxylic acids is 1. The van der Waals surface area contributed by atoms with Gasteiger partial charge in [-0.15, -0.1) is 0 Å². The number of hydrogen-bond acceptors (Lipinski definition) is 5. The molecule has 4 aromatic rings. The molecule has 164 valence electrons. The Kier molecular flexibility index (Phi) is 6.70. The summed E-state index contributed by atoms with van der Waals surface area (Å²) in [7, 11) is 0. The number of fused-ring (bicyclic) bond motifs is 1. The molecule has 0 fully saturated rings. The van der Waals surface area contributed by atoms with Crippen molar-refractivity contribution in [2.24, 2.45) is 0 Å². The van der Waals surface area contributed by atoms with Crippen LogP contribution in [0.1, 0.15) is 11.1 Å². The Morgan fingerprint density at radius 1 is 1.12 bits per heavy atom. The minimum Gasteiger partial charge on any atom is -0.325 e. The van der Waals surface area contributed by atoms with Gasteiger partial charge in [0.15, 0.2) is 5.16 Å². The smallest absolute Gasteiger partial charge is 0.266 e. The van der Waals surface area contributed by atoms with Crippen molar-refractivity contribution in [1.29, 1.82) is 5.26 Å². The molecule has 1 amide bonds.